The van der Waals surface area contributed by atoms with Crippen LogP contribution in [0.25, 0.3) is 0 Å². The lowest BCUT2D eigenvalue weighted by atomic mass is 9.88. The fourth-order valence-corrected chi connectivity index (χ4v) is 12.0. The van der Waals surface area contributed by atoms with Gasteiger partial charge in [0, 0.05) is 33.9 Å². The summed E-state index contributed by atoms with van der Waals surface area (Å²) in [4.78, 5) is 78.3. The van der Waals surface area contributed by atoms with Gasteiger partial charge in [0.1, 0.15) is 67.6 Å². The number of hydrogen-bond acceptors (Lipinski definition) is 23. The lowest BCUT2D eigenvalue weighted by Crippen LogP contribution is -2.70. The van der Waals surface area contributed by atoms with Crippen molar-refractivity contribution in [3.8, 4) is 0 Å². The number of amides is 2. The maximum Gasteiger partial charge on any atom is 0.471 e. The maximum absolute atomic E-state index is 15.1. The lowest BCUT2D eigenvalue weighted by molar-refractivity contribution is -0.394. The van der Waals surface area contributed by atoms with Gasteiger partial charge in [-0.25, -0.2) is 9.59 Å². The Morgan fingerprint density at radius 2 is 1.09 bits per heavy atom. The minimum atomic E-state index is -5.01. The molecule has 5 aromatic rings. The van der Waals surface area contributed by atoms with Gasteiger partial charge in [-0.15, -0.1) is 0 Å². The number of esters is 4. The van der Waals surface area contributed by atoms with E-state index in [9.17, 15) is 42.3 Å². The lowest BCUT2D eigenvalue weighted by Gasteiger charge is -2.51. The number of hydrogen-bond donors (Lipinski definition) is 3. The molecule has 4 fully saturated rings. The fraction of sp³-hybridized carbons (Fsp3) is 0.500. The Kier molecular flexibility index (Phi) is 28.7. The molecule has 25 nitrogen and oxygen atoms in total. The Morgan fingerprint density at radius 3 is 1.60 bits per heavy atom. The van der Waals surface area contributed by atoms with E-state index >= 15 is 4.79 Å². The largest absolute Gasteiger partial charge is 0.471 e. The molecule has 4 saturated heterocycles. The van der Waals surface area contributed by atoms with Gasteiger partial charge in [-0.3, -0.25) is 19.2 Å². The SMILES string of the molecule is COC(=O)[C@@]1(O[C@H]2[C@@H](O)[C@@H](COCc3ccccc3)O[C@@H](O[C@H]3[C@H](OCc4ccccc4)[C@@H](OCc4ccccc4)[C@H](OCCCCCCNC(=O)C(F)(F)F)O[C@@H]3COCc3ccccc3)[C@@H]2OCc2ccccc2)C[C@@H]2OC(=O)N[C@H]2[C@H]([C@H](OC(C)=O)[C@@H](COC(C)=O)OC(C)=O)O1. The van der Waals surface area contributed by atoms with Crippen molar-refractivity contribution < 1.29 is 123 Å². The number of methoxy groups -OCH3 is 1. The Balaban J connectivity index is 1.15. The minimum absolute atomic E-state index is 0.00981. The van der Waals surface area contributed by atoms with Crippen LogP contribution < -0.4 is 10.6 Å². The van der Waals surface area contributed by atoms with Crippen LogP contribution >= 0.6 is 0 Å². The van der Waals surface area contributed by atoms with Crippen LogP contribution in [0.15, 0.2) is 152 Å². The summed E-state index contributed by atoms with van der Waals surface area (Å²) in [5.74, 6) is -8.76. The van der Waals surface area contributed by atoms with Crippen LogP contribution in [0.4, 0.5) is 18.0 Å². The van der Waals surface area contributed by atoms with Gasteiger partial charge in [0.2, 0.25) is 0 Å². The smallest absolute Gasteiger partial charge is 0.465 e. The highest BCUT2D eigenvalue weighted by Gasteiger charge is 2.64. The average Bonchev–Trinajstić information content (AvgIpc) is 1.29. The number of alkyl halides is 3. The van der Waals surface area contributed by atoms with E-state index < -0.39 is 153 Å². The molecule has 2 amide bonds. The van der Waals surface area contributed by atoms with E-state index in [1.807, 2.05) is 127 Å². The molecule has 0 bridgehead atoms. The number of rotatable bonds is 36. The molecule has 0 aromatic heterocycles. The number of aliphatic hydroxyl groups excluding tert-OH is 1. The topological polar surface area (TPSA) is 294 Å². The van der Waals surface area contributed by atoms with E-state index in [4.69, 9.17) is 75.8 Å². The zero-order valence-corrected chi connectivity index (χ0v) is 55.8. The molecule has 0 unspecified atom stereocenters. The van der Waals surface area contributed by atoms with Crippen LogP contribution in [-0.4, -0.2) is 185 Å². The molecule has 9 rings (SSSR count). The predicted molar refractivity (Wildman–Crippen MR) is 343 cm³/mol. The second-order valence-electron chi connectivity index (χ2n) is 24.3. The molecule has 3 N–H and O–H groups in total. The zero-order chi connectivity index (χ0) is 71.0. The van der Waals surface area contributed by atoms with Gasteiger partial charge in [-0.2, -0.15) is 13.2 Å². The number of fused-ring (bicyclic) bond motifs is 1. The number of unbranched alkanes of at least 4 members (excludes halogenated alkanes) is 3. The highest BCUT2D eigenvalue weighted by atomic mass is 19.4. The number of carbonyl (C=O) groups is 6. The maximum atomic E-state index is 15.1. The number of nitrogens with one attached hydrogen (secondary N) is 2. The standard InChI is InChI=1S/C72H85F3N2O23/c1-45(78)89-44-56(93-46(2)79)59(94-47(3)80)61-57-53(97-70(84)77-57)36-71(99-61,69(83)85-4)100-62-58(81)54(42-86-37-48-24-12-7-13-25-48)95-67(64(62)91-40-51-30-18-10-19-31-51)98-60-55(43-87-38-49-26-14-8-15-27-49)96-66(88-35-23-6-5-22-34-76-68(82)72(73,74)75)65(92-41-52-32-20-11-21-33-52)63(60)90-39-50-28-16-9-17-29-50/h7-21,24-33,53-67,81H,5-6,22-23,34-44H2,1-4H3,(H,76,82)(H,77,84)/t53-,54+,55+,56+,57+,58-,59+,60+,61+,62-,63-,64+,65+,66+,67-,71-/m0/s1. The van der Waals surface area contributed by atoms with Crippen LogP contribution in [0.2, 0.25) is 0 Å². The number of ether oxygens (including phenoxy) is 16. The second kappa shape index (κ2) is 37.6. The molecule has 0 aliphatic carbocycles. The molecule has 0 radical (unpaired) electrons. The normalized spacial score (nSPS) is 26.4. The average molecular weight is 1400 g/mol. The monoisotopic (exact) mass is 1400 g/mol. The van der Waals surface area contributed by atoms with Crippen molar-refractivity contribution in [1.29, 1.82) is 0 Å². The summed E-state index contributed by atoms with van der Waals surface area (Å²) in [6.07, 6.45) is -26.3. The van der Waals surface area contributed by atoms with Crippen LogP contribution in [0, 0.1) is 0 Å². The number of benzene rings is 5. The van der Waals surface area contributed by atoms with Crippen LogP contribution in [-0.2, 0) is 133 Å². The first kappa shape index (κ1) is 76.2. The molecule has 100 heavy (non-hydrogen) atoms. The fourth-order valence-electron chi connectivity index (χ4n) is 12.0. The molecule has 16 atom stereocenters. The third-order valence-electron chi connectivity index (χ3n) is 16.7. The van der Waals surface area contributed by atoms with Crippen molar-refractivity contribution in [3.05, 3.63) is 179 Å². The van der Waals surface area contributed by atoms with Crippen molar-refractivity contribution >= 4 is 35.9 Å². The highest BCUT2D eigenvalue weighted by Crippen LogP contribution is 2.43. The molecule has 5 aromatic carbocycles. The van der Waals surface area contributed by atoms with E-state index in [1.165, 1.54) is 0 Å². The number of carbonyl (C=O) groups excluding carboxylic acids is 6. The summed E-state index contributed by atoms with van der Waals surface area (Å²) in [6.45, 7) is 1.57. The molecule has 4 heterocycles. The van der Waals surface area contributed by atoms with Crippen molar-refractivity contribution in [2.24, 2.45) is 0 Å². The van der Waals surface area contributed by atoms with E-state index in [2.05, 4.69) is 5.32 Å². The molecular weight excluding hydrogens is 1320 g/mol. The molecule has 28 heteroatoms. The number of alkyl carbamates (subject to hydrolysis) is 1. The minimum Gasteiger partial charge on any atom is -0.465 e. The molecular formula is C72H85F3N2O23. The molecule has 0 spiro atoms. The van der Waals surface area contributed by atoms with Crippen LogP contribution in [0.5, 0.6) is 0 Å². The summed E-state index contributed by atoms with van der Waals surface area (Å²) < 4.78 is 143. The van der Waals surface area contributed by atoms with Gasteiger partial charge in [0.15, 0.2) is 24.8 Å². The summed E-state index contributed by atoms with van der Waals surface area (Å²) in [6, 6.07) is 44.6. The third-order valence-corrected chi connectivity index (χ3v) is 16.7. The van der Waals surface area contributed by atoms with E-state index in [1.54, 1.807) is 30.3 Å². The molecule has 4 aliphatic rings. The van der Waals surface area contributed by atoms with Gasteiger partial charge in [0.05, 0.1) is 65.8 Å². The van der Waals surface area contributed by atoms with Crippen molar-refractivity contribution in [1.82, 2.24) is 10.6 Å². The summed E-state index contributed by atoms with van der Waals surface area (Å²) >= 11 is 0. The Labute approximate surface area is 576 Å². The van der Waals surface area contributed by atoms with Gasteiger partial charge < -0.3 is 91.5 Å². The van der Waals surface area contributed by atoms with Crippen LogP contribution in [0.1, 0.15) is 80.7 Å². The van der Waals surface area contributed by atoms with E-state index in [0.29, 0.717) is 24.8 Å². The summed E-state index contributed by atoms with van der Waals surface area (Å²) in [5.41, 5.74) is 3.68. The second-order valence-corrected chi connectivity index (χ2v) is 24.3. The first-order valence-corrected chi connectivity index (χ1v) is 33.0. The van der Waals surface area contributed by atoms with Gasteiger partial charge in [-0.05, 0) is 40.7 Å². The van der Waals surface area contributed by atoms with Gasteiger partial charge in [0.25, 0.3) is 5.79 Å². The summed E-state index contributed by atoms with van der Waals surface area (Å²) in [7, 11) is 1.03. The van der Waals surface area contributed by atoms with Crippen molar-refractivity contribution in [2.75, 3.05) is 40.1 Å². The molecule has 542 valence electrons. The zero-order valence-electron chi connectivity index (χ0n) is 55.8. The van der Waals surface area contributed by atoms with E-state index in [-0.39, 0.29) is 65.8 Å². The van der Waals surface area contributed by atoms with Gasteiger partial charge >= 0.3 is 42.1 Å². The van der Waals surface area contributed by atoms with Crippen molar-refractivity contribution in [2.45, 2.75) is 190 Å². The Hall–Kier alpha value is -7.97. The van der Waals surface area contributed by atoms with E-state index in [0.717, 1.165) is 50.1 Å². The molecule has 0 saturated carbocycles. The predicted octanol–water partition coefficient (Wildman–Crippen LogP) is 7.57. The summed E-state index contributed by atoms with van der Waals surface area (Å²) in [5, 5.41) is 17.7. The van der Waals surface area contributed by atoms with Crippen molar-refractivity contribution in [3.63, 3.8) is 0 Å². The highest BCUT2D eigenvalue weighted by molar-refractivity contribution is 5.81. The Morgan fingerprint density at radius 1 is 0.600 bits per heavy atom. The quantitative estimate of drug-likeness (QED) is 0.0198. The number of halogens is 3. The Bertz CT molecular complexity index is 3350. The third kappa shape index (κ3) is 22.0. The van der Waals surface area contributed by atoms with Crippen LogP contribution in [0.3, 0.4) is 0 Å². The first-order valence-electron chi connectivity index (χ1n) is 33.0. The molecule has 4 aliphatic heterocycles. The number of aliphatic hydroxyl groups is 1. The van der Waals surface area contributed by atoms with Gasteiger partial charge in [-0.1, -0.05) is 165 Å². The first-order chi connectivity index (χ1) is 48.3.